The number of rotatable bonds is 5. The summed E-state index contributed by atoms with van der Waals surface area (Å²) in [5, 5.41) is 12.2. The van der Waals surface area contributed by atoms with E-state index in [2.05, 4.69) is 5.32 Å². The standard InChI is InChI=1S/C22H17NO5/c1-28-22(27)18-12-6-7-13-19(18)23-20(24)16-10-4-2-8-14(16)15-9-3-5-11-17(15)21(25)26/h2-13H,1H3,(H,23,24)(H,25,26). The third kappa shape index (κ3) is 3.76. The summed E-state index contributed by atoms with van der Waals surface area (Å²) in [6.07, 6.45) is 0. The van der Waals surface area contributed by atoms with Gasteiger partial charge in [-0.05, 0) is 35.4 Å². The quantitative estimate of drug-likeness (QED) is 0.655. The Hall–Kier alpha value is -3.93. The molecule has 0 atom stereocenters. The average molecular weight is 375 g/mol. The van der Waals surface area contributed by atoms with Gasteiger partial charge in [0, 0.05) is 5.56 Å². The van der Waals surface area contributed by atoms with E-state index in [1.165, 1.54) is 13.2 Å². The van der Waals surface area contributed by atoms with E-state index in [0.717, 1.165) is 0 Å². The maximum Gasteiger partial charge on any atom is 0.339 e. The highest BCUT2D eigenvalue weighted by Gasteiger charge is 2.19. The van der Waals surface area contributed by atoms with Gasteiger partial charge in [-0.3, -0.25) is 4.79 Å². The van der Waals surface area contributed by atoms with Crippen LogP contribution in [0.2, 0.25) is 0 Å². The number of benzene rings is 3. The van der Waals surface area contributed by atoms with E-state index in [0.29, 0.717) is 16.8 Å². The number of carboxylic acids is 1. The van der Waals surface area contributed by atoms with Crippen molar-refractivity contribution in [2.75, 3.05) is 12.4 Å². The maximum absolute atomic E-state index is 12.9. The van der Waals surface area contributed by atoms with Crippen molar-refractivity contribution in [2.24, 2.45) is 0 Å². The third-order valence-corrected chi connectivity index (χ3v) is 4.20. The zero-order valence-electron chi connectivity index (χ0n) is 15.0. The van der Waals surface area contributed by atoms with Crippen molar-refractivity contribution >= 4 is 23.5 Å². The molecule has 6 heteroatoms. The zero-order valence-corrected chi connectivity index (χ0v) is 15.0. The molecule has 140 valence electrons. The molecule has 0 aromatic heterocycles. The van der Waals surface area contributed by atoms with Crippen molar-refractivity contribution in [1.82, 2.24) is 0 Å². The molecule has 1 amide bonds. The molecular formula is C22H17NO5. The lowest BCUT2D eigenvalue weighted by molar-refractivity contribution is 0.0601. The Morgan fingerprint density at radius 3 is 1.86 bits per heavy atom. The van der Waals surface area contributed by atoms with Crippen LogP contribution in [0.5, 0.6) is 0 Å². The van der Waals surface area contributed by atoms with Crippen LogP contribution in [0.1, 0.15) is 31.1 Å². The molecule has 2 N–H and O–H groups in total. The Labute approximate surface area is 161 Å². The van der Waals surface area contributed by atoms with Gasteiger partial charge >= 0.3 is 11.9 Å². The van der Waals surface area contributed by atoms with Gasteiger partial charge in [-0.25, -0.2) is 9.59 Å². The van der Waals surface area contributed by atoms with Crippen LogP contribution in [0.25, 0.3) is 11.1 Å². The minimum atomic E-state index is -1.08. The van der Waals surface area contributed by atoms with Crippen LogP contribution in [0.15, 0.2) is 72.8 Å². The highest BCUT2D eigenvalue weighted by Crippen LogP contribution is 2.28. The first-order valence-corrected chi connectivity index (χ1v) is 8.43. The number of carboxylic acid groups (broad SMARTS) is 1. The fourth-order valence-electron chi connectivity index (χ4n) is 2.89. The minimum Gasteiger partial charge on any atom is -0.478 e. The molecule has 28 heavy (non-hydrogen) atoms. The Balaban J connectivity index is 2.03. The molecule has 0 aliphatic heterocycles. The highest BCUT2D eigenvalue weighted by molar-refractivity contribution is 6.12. The molecule has 0 unspecified atom stereocenters. The van der Waals surface area contributed by atoms with Gasteiger partial charge < -0.3 is 15.2 Å². The van der Waals surface area contributed by atoms with Gasteiger partial charge in [0.15, 0.2) is 0 Å². The smallest absolute Gasteiger partial charge is 0.339 e. The summed E-state index contributed by atoms with van der Waals surface area (Å²) in [7, 11) is 1.26. The summed E-state index contributed by atoms with van der Waals surface area (Å²) in [5.74, 6) is -2.12. The van der Waals surface area contributed by atoms with Gasteiger partial charge in [0.2, 0.25) is 0 Å². The number of nitrogens with one attached hydrogen (secondary N) is 1. The number of hydrogen-bond acceptors (Lipinski definition) is 4. The molecule has 0 spiro atoms. The van der Waals surface area contributed by atoms with Gasteiger partial charge in [-0.2, -0.15) is 0 Å². The van der Waals surface area contributed by atoms with E-state index in [9.17, 15) is 19.5 Å². The fourth-order valence-corrected chi connectivity index (χ4v) is 2.89. The second kappa shape index (κ2) is 8.18. The molecule has 0 fully saturated rings. The zero-order chi connectivity index (χ0) is 20.1. The molecule has 0 saturated heterocycles. The monoisotopic (exact) mass is 375 g/mol. The van der Waals surface area contributed by atoms with E-state index < -0.39 is 17.8 Å². The number of carbonyl (C=O) groups is 3. The van der Waals surface area contributed by atoms with Crippen LogP contribution in [0.3, 0.4) is 0 Å². The number of anilines is 1. The molecule has 0 bridgehead atoms. The number of methoxy groups -OCH3 is 1. The number of esters is 1. The predicted octanol–water partition coefficient (Wildman–Crippen LogP) is 4.09. The van der Waals surface area contributed by atoms with Crippen molar-refractivity contribution in [3.05, 3.63) is 89.5 Å². The van der Waals surface area contributed by atoms with E-state index in [1.54, 1.807) is 66.7 Å². The molecule has 0 heterocycles. The van der Waals surface area contributed by atoms with Crippen LogP contribution in [-0.2, 0) is 4.74 Å². The average Bonchev–Trinajstić information content (AvgIpc) is 2.73. The normalized spacial score (nSPS) is 10.2. The van der Waals surface area contributed by atoms with Crippen molar-refractivity contribution in [2.45, 2.75) is 0 Å². The van der Waals surface area contributed by atoms with E-state index in [-0.39, 0.29) is 16.7 Å². The molecular weight excluding hydrogens is 358 g/mol. The van der Waals surface area contributed by atoms with Gasteiger partial charge in [0.05, 0.1) is 23.9 Å². The van der Waals surface area contributed by atoms with Crippen LogP contribution in [0, 0.1) is 0 Å². The molecule has 3 aromatic carbocycles. The second-order valence-electron chi connectivity index (χ2n) is 5.89. The summed E-state index contributed by atoms with van der Waals surface area (Å²) in [6, 6.07) is 19.7. The fraction of sp³-hybridized carbons (Fsp3) is 0.0455. The Bertz CT molecular complexity index is 1060. The Morgan fingerprint density at radius 2 is 1.25 bits per heavy atom. The highest BCUT2D eigenvalue weighted by atomic mass is 16.5. The summed E-state index contributed by atoms with van der Waals surface area (Å²) in [6.45, 7) is 0. The van der Waals surface area contributed by atoms with Gasteiger partial charge in [-0.1, -0.05) is 48.5 Å². The SMILES string of the molecule is COC(=O)c1ccccc1NC(=O)c1ccccc1-c1ccccc1C(=O)O. The van der Waals surface area contributed by atoms with Gasteiger partial charge in [0.1, 0.15) is 0 Å². The number of hydrogen-bond donors (Lipinski definition) is 2. The lowest BCUT2D eigenvalue weighted by Gasteiger charge is -2.13. The van der Waals surface area contributed by atoms with Crippen LogP contribution in [0.4, 0.5) is 5.69 Å². The van der Waals surface area contributed by atoms with Crippen molar-refractivity contribution < 1.29 is 24.2 Å². The van der Waals surface area contributed by atoms with Gasteiger partial charge in [0.25, 0.3) is 5.91 Å². The summed E-state index contributed by atoms with van der Waals surface area (Å²) < 4.78 is 4.74. The summed E-state index contributed by atoms with van der Waals surface area (Å²) in [4.78, 5) is 36.4. The molecule has 3 rings (SSSR count). The van der Waals surface area contributed by atoms with E-state index in [4.69, 9.17) is 4.74 Å². The van der Waals surface area contributed by atoms with E-state index in [1.807, 2.05) is 0 Å². The van der Waals surface area contributed by atoms with Crippen LogP contribution < -0.4 is 5.32 Å². The number of amides is 1. The molecule has 0 radical (unpaired) electrons. The lowest BCUT2D eigenvalue weighted by atomic mass is 9.95. The molecule has 0 saturated carbocycles. The van der Waals surface area contributed by atoms with Crippen LogP contribution >= 0.6 is 0 Å². The minimum absolute atomic E-state index is 0.0951. The van der Waals surface area contributed by atoms with E-state index >= 15 is 0 Å². The number of aromatic carboxylic acids is 1. The first-order valence-electron chi connectivity index (χ1n) is 8.43. The van der Waals surface area contributed by atoms with Crippen molar-refractivity contribution in [3.8, 4) is 11.1 Å². The van der Waals surface area contributed by atoms with Crippen molar-refractivity contribution in [3.63, 3.8) is 0 Å². The number of para-hydroxylation sites is 1. The lowest BCUT2D eigenvalue weighted by Crippen LogP contribution is -2.16. The first kappa shape index (κ1) is 18.8. The topological polar surface area (TPSA) is 92.7 Å². The second-order valence-corrected chi connectivity index (χ2v) is 5.89. The summed E-state index contributed by atoms with van der Waals surface area (Å²) in [5.41, 5.74) is 1.83. The first-order chi connectivity index (χ1) is 13.5. The largest absolute Gasteiger partial charge is 0.478 e. The summed E-state index contributed by atoms with van der Waals surface area (Å²) >= 11 is 0. The Kier molecular flexibility index (Phi) is 5.50. The maximum atomic E-state index is 12.9. The van der Waals surface area contributed by atoms with Gasteiger partial charge in [-0.15, -0.1) is 0 Å². The number of carbonyl (C=O) groups excluding carboxylic acids is 2. The molecule has 3 aromatic rings. The third-order valence-electron chi connectivity index (χ3n) is 4.20. The molecule has 0 aliphatic rings. The predicted molar refractivity (Wildman–Crippen MR) is 105 cm³/mol. The van der Waals surface area contributed by atoms with Crippen LogP contribution in [-0.4, -0.2) is 30.1 Å². The Morgan fingerprint density at radius 1 is 0.750 bits per heavy atom. The molecule has 0 aliphatic carbocycles. The number of ether oxygens (including phenoxy) is 1. The molecule has 6 nitrogen and oxygen atoms in total. The van der Waals surface area contributed by atoms with Crippen molar-refractivity contribution in [1.29, 1.82) is 0 Å².